The molecule has 9 nitrogen and oxygen atoms in total. The Morgan fingerprint density at radius 2 is 2.09 bits per heavy atom. The predicted molar refractivity (Wildman–Crippen MR) is 77.5 cm³/mol. The number of carbonyl (C=O) groups excluding carboxylic acids is 1. The minimum Gasteiger partial charge on any atom is -0.477 e. The highest BCUT2D eigenvalue weighted by Crippen LogP contribution is 2.31. The molecule has 1 aromatic rings. The molecule has 0 radical (unpaired) electrons. The molecule has 5 N–H and O–H groups in total. The molecule has 0 bridgehead atoms. The molecule has 1 aromatic heterocycles. The Kier molecular flexibility index (Phi) is 4.27. The molecule has 1 amide bonds. The number of rotatable bonds is 4. The van der Waals surface area contributed by atoms with Gasteiger partial charge in [-0.1, -0.05) is 0 Å². The van der Waals surface area contributed by atoms with Crippen molar-refractivity contribution >= 4 is 22.1 Å². The van der Waals surface area contributed by atoms with Gasteiger partial charge in [-0.3, -0.25) is 4.79 Å². The van der Waals surface area contributed by atoms with Crippen LogP contribution in [0, 0.1) is 0 Å². The fraction of sp³-hybridized carbons (Fsp3) is 0.500. The first-order valence-electron chi connectivity index (χ1n) is 6.65. The molecule has 10 heteroatoms. The van der Waals surface area contributed by atoms with E-state index in [1.807, 2.05) is 0 Å². The molecule has 122 valence electrons. The van der Waals surface area contributed by atoms with Gasteiger partial charge in [0.1, 0.15) is 5.69 Å². The fourth-order valence-electron chi connectivity index (χ4n) is 2.69. The van der Waals surface area contributed by atoms with Crippen LogP contribution in [0.5, 0.6) is 0 Å². The van der Waals surface area contributed by atoms with Gasteiger partial charge in [-0.2, -0.15) is 8.42 Å². The number of amides is 1. The van der Waals surface area contributed by atoms with E-state index in [2.05, 4.69) is 0 Å². The summed E-state index contributed by atoms with van der Waals surface area (Å²) in [6.07, 6.45) is 1.65. The summed E-state index contributed by atoms with van der Waals surface area (Å²) in [7, 11) is -4.20. The Hall–Kier alpha value is -1.91. The van der Waals surface area contributed by atoms with Gasteiger partial charge in [0.25, 0.3) is 0 Å². The standard InChI is InChI=1S/C12H18N4O5S/c1-7(13)11(17)15-4-2-8(6-15)9-3-5-16(22(14,20)21)10(9)12(18)19/h3,5,7-8H,2,4,6,13H2,1H3,(H,18,19)(H2,14,20,21). The van der Waals surface area contributed by atoms with E-state index >= 15 is 0 Å². The van der Waals surface area contributed by atoms with E-state index in [0.717, 1.165) is 6.20 Å². The zero-order valence-corrected chi connectivity index (χ0v) is 12.8. The van der Waals surface area contributed by atoms with Crippen molar-refractivity contribution in [1.82, 2.24) is 8.87 Å². The maximum Gasteiger partial charge on any atom is 0.353 e. The number of carbonyl (C=O) groups is 2. The van der Waals surface area contributed by atoms with Gasteiger partial charge in [0, 0.05) is 25.2 Å². The number of nitrogens with zero attached hydrogens (tertiary/aromatic N) is 2. The Morgan fingerprint density at radius 3 is 2.59 bits per heavy atom. The second-order valence-corrected chi connectivity index (χ2v) is 6.75. The van der Waals surface area contributed by atoms with Crippen LogP contribution in [0.4, 0.5) is 0 Å². The SMILES string of the molecule is CC(N)C(=O)N1CCC(c2ccn(S(N)(=O)=O)c2C(=O)O)C1. The summed E-state index contributed by atoms with van der Waals surface area (Å²) in [4.78, 5) is 24.8. The van der Waals surface area contributed by atoms with Crippen LogP contribution in [0.2, 0.25) is 0 Å². The third kappa shape index (κ3) is 2.98. The van der Waals surface area contributed by atoms with Crippen molar-refractivity contribution in [3.05, 3.63) is 23.5 Å². The molecule has 22 heavy (non-hydrogen) atoms. The summed E-state index contributed by atoms with van der Waals surface area (Å²) in [5, 5.41) is 14.3. The molecule has 0 spiro atoms. The third-order valence-electron chi connectivity index (χ3n) is 3.69. The van der Waals surface area contributed by atoms with Gasteiger partial charge in [0.05, 0.1) is 6.04 Å². The number of carboxylic acids is 1. The van der Waals surface area contributed by atoms with Gasteiger partial charge in [-0.15, -0.1) is 0 Å². The summed E-state index contributed by atoms with van der Waals surface area (Å²) in [5.74, 6) is -1.87. The zero-order valence-electron chi connectivity index (χ0n) is 12.0. The highest BCUT2D eigenvalue weighted by molar-refractivity contribution is 7.87. The second-order valence-electron chi connectivity index (χ2n) is 5.32. The minimum atomic E-state index is -4.20. The lowest BCUT2D eigenvalue weighted by molar-refractivity contribution is -0.131. The molecule has 2 heterocycles. The lowest BCUT2D eigenvalue weighted by atomic mass is 9.98. The molecule has 0 aliphatic carbocycles. The largest absolute Gasteiger partial charge is 0.477 e. The molecule has 2 atom stereocenters. The quantitative estimate of drug-likeness (QED) is 0.638. The first-order valence-corrected chi connectivity index (χ1v) is 8.15. The van der Waals surface area contributed by atoms with Gasteiger partial charge < -0.3 is 15.7 Å². The first kappa shape index (κ1) is 16.5. The van der Waals surface area contributed by atoms with Crippen molar-refractivity contribution in [3.8, 4) is 0 Å². The predicted octanol–water partition coefficient (Wildman–Crippen LogP) is -1.10. The molecule has 2 unspecified atom stereocenters. The van der Waals surface area contributed by atoms with Crippen LogP contribution in [-0.2, 0) is 15.0 Å². The minimum absolute atomic E-state index is 0.217. The van der Waals surface area contributed by atoms with E-state index < -0.39 is 22.2 Å². The van der Waals surface area contributed by atoms with E-state index in [9.17, 15) is 23.1 Å². The van der Waals surface area contributed by atoms with Crippen molar-refractivity contribution < 1.29 is 23.1 Å². The molecule has 1 aliphatic heterocycles. The van der Waals surface area contributed by atoms with Crippen LogP contribution in [-0.4, -0.2) is 53.4 Å². The molecular formula is C12H18N4O5S. The number of hydrogen-bond donors (Lipinski definition) is 3. The van der Waals surface area contributed by atoms with Crippen molar-refractivity contribution in [2.45, 2.75) is 25.3 Å². The summed E-state index contributed by atoms with van der Waals surface area (Å²) >= 11 is 0. The Labute approximate surface area is 127 Å². The van der Waals surface area contributed by atoms with Crippen molar-refractivity contribution in [2.24, 2.45) is 10.9 Å². The Bertz CT molecular complexity index is 709. The molecule has 2 rings (SSSR count). The number of hydrogen-bond acceptors (Lipinski definition) is 5. The normalized spacial score (nSPS) is 20.1. The molecular weight excluding hydrogens is 312 g/mol. The third-order valence-corrected chi connectivity index (χ3v) is 4.54. The summed E-state index contributed by atoms with van der Waals surface area (Å²) in [6, 6.07) is 0.782. The van der Waals surface area contributed by atoms with Crippen LogP contribution in [0.3, 0.4) is 0 Å². The van der Waals surface area contributed by atoms with Crippen molar-refractivity contribution in [2.75, 3.05) is 13.1 Å². The number of likely N-dealkylation sites (tertiary alicyclic amines) is 1. The lowest BCUT2D eigenvalue weighted by Crippen LogP contribution is -2.40. The average molecular weight is 330 g/mol. The number of aromatic carboxylic acids is 1. The van der Waals surface area contributed by atoms with Gasteiger partial charge >= 0.3 is 16.2 Å². The van der Waals surface area contributed by atoms with E-state index in [1.54, 1.807) is 11.8 Å². The van der Waals surface area contributed by atoms with Crippen LogP contribution in [0.1, 0.15) is 35.3 Å². The highest BCUT2D eigenvalue weighted by atomic mass is 32.2. The first-order chi connectivity index (χ1) is 10.1. The number of nitrogens with two attached hydrogens (primary N) is 2. The van der Waals surface area contributed by atoms with Gasteiger partial charge in [0.15, 0.2) is 0 Å². The molecule has 0 saturated carbocycles. The number of aromatic nitrogens is 1. The van der Waals surface area contributed by atoms with Crippen molar-refractivity contribution in [3.63, 3.8) is 0 Å². The highest BCUT2D eigenvalue weighted by Gasteiger charge is 2.33. The van der Waals surface area contributed by atoms with E-state index in [4.69, 9.17) is 10.9 Å². The second kappa shape index (κ2) is 5.71. The average Bonchev–Trinajstić information content (AvgIpc) is 3.02. The van der Waals surface area contributed by atoms with Gasteiger partial charge in [0.2, 0.25) is 5.91 Å². The summed E-state index contributed by atoms with van der Waals surface area (Å²) < 4.78 is 23.4. The van der Waals surface area contributed by atoms with Crippen LogP contribution < -0.4 is 10.9 Å². The fourth-order valence-corrected chi connectivity index (χ4v) is 3.36. The van der Waals surface area contributed by atoms with E-state index in [1.165, 1.54) is 6.07 Å². The molecule has 1 aliphatic rings. The van der Waals surface area contributed by atoms with Crippen LogP contribution >= 0.6 is 0 Å². The molecule has 0 aromatic carbocycles. The topological polar surface area (TPSA) is 149 Å². The van der Waals surface area contributed by atoms with Gasteiger partial charge in [-0.25, -0.2) is 13.9 Å². The van der Waals surface area contributed by atoms with Crippen LogP contribution in [0.15, 0.2) is 12.3 Å². The van der Waals surface area contributed by atoms with Gasteiger partial charge in [-0.05, 0) is 25.0 Å². The Morgan fingerprint density at radius 1 is 1.45 bits per heavy atom. The lowest BCUT2D eigenvalue weighted by Gasteiger charge is -2.18. The monoisotopic (exact) mass is 330 g/mol. The summed E-state index contributed by atoms with van der Waals surface area (Å²) in [5.41, 5.74) is 5.52. The Balaban J connectivity index is 2.34. The van der Waals surface area contributed by atoms with E-state index in [0.29, 0.717) is 29.0 Å². The maximum atomic E-state index is 11.9. The maximum absolute atomic E-state index is 11.9. The van der Waals surface area contributed by atoms with Crippen molar-refractivity contribution in [1.29, 1.82) is 0 Å². The molecule has 1 fully saturated rings. The van der Waals surface area contributed by atoms with E-state index in [-0.39, 0.29) is 17.5 Å². The summed E-state index contributed by atoms with van der Waals surface area (Å²) in [6.45, 7) is 2.33. The van der Waals surface area contributed by atoms with Crippen LogP contribution in [0.25, 0.3) is 0 Å². The smallest absolute Gasteiger partial charge is 0.353 e. The zero-order chi connectivity index (χ0) is 16.7. The number of carboxylic acid groups (broad SMARTS) is 1. The molecule has 1 saturated heterocycles.